The summed E-state index contributed by atoms with van der Waals surface area (Å²) in [5.41, 5.74) is 1.99. The van der Waals surface area contributed by atoms with E-state index in [2.05, 4.69) is 49.6 Å². The van der Waals surface area contributed by atoms with Crippen LogP contribution in [0.5, 0.6) is 0 Å². The quantitative estimate of drug-likeness (QED) is 0.432. The first kappa shape index (κ1) is 22.5. The lowest BCUT2D eigenvalue weighted by Crippen LogP contribution is -2.51. The molecular formula is C28H30N6O2. The molecule has 2 fully saturated rings. The lowest BCUT2D eigenvalue weighted by atomic mass is 10.0. The molecule has 2 amide bonds. The van der Waals surface area contributed by atoms with Crippen LogP contribution in [-0.4, -0.2) is 52.2 Å². The Morgan fingerprint density at radius 2 is 1.78 bits per heavy atom. The number of urea groups is 1. The molecule has 1 saturated carbocycles. The summed E-state index contributed by atoms with van der Waals surface area (Å²) < 4.78 is 5.51. The Hall–Kier alpha value is -3.94. The van der Waals surface area contributed by atoms with E-state index in [1.165, 1.54) is 23.6 Å². The van der Waals surface area contributed by atoms with Crippen LogP contribution >= 0.6 is 0 Å². The smallest absolute Gasteiger partial charge is 0.317 e. The third kappa shape index (κ3) is 4.63. The Bertz CT molecular complexity index is 1330. The average molecular weight is 483 g/mol. The molecule has 8 nitrogen and oxygen atoms in total. The van der Waals surface area contributed by atoms with Crippen molar-refractivity contribution < 1.29 is 9.32 Å². The number of aromatic nitrogens is 3. The Kier molecular flexibility index (Phi) is 6.24. The fraction of sp³-hybridized carbons (Fsp3) is 0.357. The van der Waals surface area contributed by atoms with E-state index in [-0.39, 0.29) is 6.03 Å². The van der Waals surface area contributed by atoms with Gasteiger partial charge in [-0.15, -0.1) is 0 Å². The SMILES string of the molecule is O=C(NCc1cccc2ccccc12)N1CCN(c2ccc(-c3noc(C4CCCC4)n3)cn2)CC1. The number of nitrogens with zero attached hydrogens (tertiary/aromatic N) is 5. The second-order valence-electron chi connectivity index (χ2n) is 9.61. The molecule has 1 aliphatic carbocycles. The number of carbonyl (C=O) groups is 1. The fourth-order valence-electron chi connectivity index (χ4n) is 5.26. The molecule has 8 heteroatoms. The van der Waals surface area contributed by atoms with Crippen LogP contribution in [0, 0.1) is 0 Å². The third-order valence-corrected chi connectivity index (χ3v) is 7.35. The monoisotopic (exact) mass is 482 g/mol. The van der Waals surface area contributed by atoms with Crippen LogP contribution < -0.4 is 10.2 Å². The number of amides is 2. The van der Waals surface area contributed by atoms with Crippen molar-refractivity contribution >= 4 is 22.6 Å². The molecule has 6 rings (SSSR count). The van der Waals surface area contributed by atoms with Gasteiger partial charge in [0.15, 0.2) is 0 Å². The minimum atomic E-state index is -0.0268. The lowest BCUT2D eigenvalue weighted by molar-refractivity contribution is 0.194. The topological polar surface area (TPSA) is 87.4 Å². The minimum Gasteiger partial charge on any atom is -0.353 e. The molecule has 2 aromatic heterocycles. The molecule has 2 aliphatic rings. The predicted molar refractivity (Wildman–Crippen MR) is 139 cm³/mol. The maximum Gasteiger partial charge on any atom is 0.317 e. The van der Waals surface area contributed by atoms with Gasteiger partial charge in [0.25, 0.3) is 0 Å². The molecule has 0 bridgehead atoms. The van der Waals surface area contributed by atoms with E-state index in [1.807, 2.05) is 41.4 Å². The van der Waals surface area contributed by atoms with Crippen LogP contribution in [0.1, 0.15) is 43.1 Å². The maximum absolute atomic E-state index is 12.8. The Morgan fingerprint density at radius 3 is 2.58 bits per heavy atom. The summed E-state index contributed by atoms with van der Waals surface area (Å²) in [4.78, 5) is 26.1. The summed E-state index contributed by atoms with van der Waals surface area (Å²) in [6, 6.07) is 18.4. The number of rotatable bonds is 5. The first-order valence-corrected chi connectivity index (χ1v) is 12.8. The summed E-state index contributed by atoms with van der Waals surface area (Å²) in [6.07, 6.45) is 6.54. The fourth-order valence-corrected chi connectivity index (χ4v) is 5.26. The molecule has 1 N–H and O–H groups in total. The first-order chi connectivity index (χ1) is 17.7. The van der Waals surface area contributed by atoms with Crippen molar-refractivity contribution in [2.45, 2.75) is 38.1 Å². The number of carbonyl (C=O) groups excluding carboxylic acids is 1. The normalized spacial score (nSPS) is 16.6. The molecule has 4 aromatic rings. The zero-order valence-corrected chi connectivity index (χ0v) is 20.3. The average Bonchev–Trinajstić information content (AvgIpc) is 3.65. The largest absolute Gasteiger partial charge is 0.353 e. The first-order valence-electron chi connectivity index (χ1n) is 12.8. The molecule has 36 heavy (non-hydrogen) atoms. The van der Waals surface area contributed by atoms with Gasteiger partial charge in [-0.25, -0.2) is 9.78 Å². The van der Waals surface area contributed by atoms with Crippen LogP contribution in [0.3, 0.4) is 0 Å². The highest BCUT2D eigenvalue weighted by Gasteiger charge is 2.24. The zero-order chi connectivity index (χ0) is 24.3. The number of pyridine rings is 1. The van der Waals surface area contributed by atoms with E-state index >= 15 is 0 Å². The van der Waals surface area contributed by atoms with Crippen molar-refractivity contribution in [3.8, 4) is 11.4 Å². The summed E-state index contributed by atoms with van der Waals surface area (Å²) in [7, 11) is 0. The summed E-state index contributed by atoms with van der Waals surface area (Å²) in [5, 5.41) is 9.62. The van der Waals surface area contributed by atoms with Crippen LogP contribution in [0.4, 0.5) is 10.6 Å². The molecule has 3 heterocycles. The van der Waals surface area contributed by atoms with Gasteiger partial charge in [0.2, 0.25) is 11.7 Å². The van der Waals surface area contributed by atoms with Crippen molar-refractivity contribution in [3.63, 3.8) is 0 Å². The van der Waals surface area contributed by atoms with Crippen molar-refractivity contribution in [3.05, 3.63) is 72.2 Å². The standard InChI is InChI=1S/C28H30N6O2/c35-28(30-18-22-10-5-9-20-6-3-4-11-24(20)22)34-16-14-33(15-17-34)25-13-12-23(19-29-25)26-31-27(36-32-26)21-7-1-2-8-21/h3-6,9-13,19,21H,1-2,7-8,14-18H2,(H,30,35). The van der Waals surface area contributed by atoms with Gasteiger partial charge in [0, 0.05) is 50.4 Å². The molecule has 1 aliphatic heterocycles. The van der Waals surface area contributed by atoms with Gasteiger partial charge >= 0.3 is 6.03 Å². The number of benzene rings is 2. The summed E-state index contributed by atoms with van der Waals surface area (Å²) in [5.74, 6) is 2.65. The Balaban J connectivity index is 1.03. The lowest BCUT2D eigenvalue weighted by Gasteiger charge is -2.35. The highest BCUT2D eigenvalue weighted by atomic mass is 16.5. The molecule has 1 saturated heterocycles. The number of piperazine rings is 1. The Labute approximate surface area is 210 Å². The van der Waals surface area contributed by atoms with Gasteiger partial charge in [0.1, 0.15) is 5.82 Å². The van der Waals surface area contributed by atoms with E-state index in [4.69, 9.17) is 4.52 Å². The molecule has 0 radical (unpaired) electrons. The molecular weight excluding hydrogens is 452 g/mol. The summed E-state index contributed by atoms with van der Waals surface area (Å²) >= 11 is 0. The molecule has 0 atom stereocenters. The van der Waals surface area contributed by atoms with Crippen LogP contribution in [0.25, 0.3) is 22.2 Å². The molecule has 0 spiro atoms. The highest BCUT2D eigenvalue weighted by Crippen LogP contribution is 2.34. The van der Waals surface area contributed by atoms with Gasteiger partial charge in [-0.2, -0.15) is 4.98 Å². The minimum absolute atomic E-state index is 0.0268. The van der Waals surface area contributed by atoms with Gasteiger partial charge in [-0.05, 0) is 41.3 Å². The predicted octanol–water partition coefficient (Wildman–Crippen LogP) is 4.97. The van der Waals surface area contributed by atoms with E-state index < -0.39 is 0 Å². The number of nitrogens with one attached hydrogen (secondary N) is 1. The van der Waals surface area contributed by atoms with Crippen molar-refractivity contribution in [2.75, 3.05) is 31.1 Å². The number of hydrogen-bond acceptors (Lipinski definition) is 6. The molecule has 0 unspecified atom stereocenters. The molecule has 2 aromatic carbocycles. The number of fused-ring (bicyclic) bond motifs is 1. The van der Waals surface area contributed by atoms with E-state index in [0.29, 0.717) is 31.4 Å². The molecule has 184 valence electrons. The van der Waals surface area contributed by atoms with Crippen molar-refractivity contribution in [1.82, 2.24) is 25.3 Å². The summed E-state index contributed by atoms with van der Waals surface area (Å²) in [6.45, 7) is 3.30. The van der Waals surface area contributed by atoms with Gasteiger partial charge in [-0.1, -0.05) is 60.5 Å². The highest BCUT2D eigenvalue weighted by molar-refractivity contribution is 5.86. The van der Waals surface area contributed by atoms with Gasteiger partial charge in [-0.3, -0.25) is 0 Å². The van der Waals surface area contributed by atoms with Crippen LogP contribution in [0.15, 0.2) is 65.3 Å². The van der Waals surface area contributed by atoms with E-state index in [9.17, 15) is 4.79 Å². The van der Waals surface area contributed by atoms with E-state index in [0.717, 1.165) is 48.8 Å². The zero-order valence-electron chi connectivity index (χ0n) is 20.3. The maximum atomic E-state index is 12.8. The van der Waals surface area contributed by atoms with Crippen LogP contribution in [-0.2, 0) is 6.54 Å². The second kappa shape index (κ2) is 9.97. The third-order valence-electron chi connectivity index (χ3n) is 7.35. The second-order valence-corrected chi connectivity index (χ2v) is 9.61. The number of anilines is 1. The van der Waals surface area contributed by atoms with Gasteiger partial charge in [0.05, 0.1) is 0 Å². The Morgan fingerprint density at radius 1 is 0.972 bits per heavy atom. The van der Waals surface area contributed by atoms with Gasteiger partial charge < -0.3 is 19.6 Å². The number of hydrogen-bond donors (Lipinski definition) is 1. The van der Waals surface area contributed by atoms with E-state index in [1.54, 1.807) is 0 Å². The van der Waals surface area contributed by atoms with Crippen LogP contribution in [0.2, 0.25) is 0 Å². The van der Waals surface area contributed by atoms with Crippen molar-refractivity contribution in [1.29, 1.82) is 0 Å². The van der Waals surface area contributed by atoms with Crippen molar-refractivity contribution in [2.24, 2.45) is 0 Å².